The van der Waals surface area contributed by atoms with Crippen LogP contribution in [0.4, 0.5) is 0 Å². The van der Waals surface area contributed by atoms with Crippen LogP contribution in [0.1, 0.15) is 114 Å². The Bertz CT molecular complexity index is 2560. The Morgan fingerprint density at radius 2 is 1.19 bits per heavy atom. The molecule has 30 nitrogen and oxygen atoms in total. The first kappa shape index (κ1) is 75.3. The summed E-state index contributed by atoms with van der Waals surface area (Å²) in [6.07, 6.45) is 9.75. The monoisotopic (exact) mass is 1270 g/mol. The van der Waals surface area contributed by atoms with E-state index in [2.05, 4.69) is 43.8 Å². The van der Waals surface area contributed by atoms with Crippen LogP contribution in [0, 0.1) is 0 Å². The van der Waals surface area contributed by atoms with E-state index in [-0.39, 0.29) is 122 Å². The summed E-state index contributed by atoms with van der Waals surface area (Å²) >= 11 is 0. The van der Waals surface area contributed by atoms with Gasteiger partial charge in [0.15, 0.2) is 6.61 Å². The Kier molecular flexibility index (Phi) is 36.5. The van der Waals surface area contributed by atoms with Crippen molar-refractivity contribution in [3.05, 3.63) is 36.0 Å². The molecule has 3 heterocycles. The van der Waals surface area contributed by atoms with Gasteiger partial charge in [-0.05, 0) is 76.0 Å². The van der Waals surface area contributed by atoms with Crippen molar-refractivity contribution in [2.75, 3.05) is 138 Å². The SMILES string of the molecule is CCCCCCCC(=O)NCCCC[C@H](NC(=O)[C@H](CCCCNC(=O)CN1CCN(CC(=O)O)CCN(CC(=O)O)CC1)NC(=O)CCOCCOCCOCCNC(=O)COc1ccc2c(C(=O)NCC(=O)N3CCC[C@H]3B(O)O)ccnc2c1)C(=O)O. The Morgan fingerprint density at radius 3 is 1.81 bits per heavy atom. The van der Waals surface area contributed by atoms with Crippen LogP contribution in [0.5, 0.6) is 5.75 Å². The molecule has 2 saturated heterocycles. The maximum absolute atomic E-state index is 13.7. The number of hydrogen-bond donors (Lipinski definition) is 11. The van der Waals surface area contributed by atoms with Crippen molar-refractivity contribution in [3.8, 4) is 5.75 Å². The maximum atomic E-state index is 13.7. The minimum absolute atomic E-state index is 0.0164. The van der Waals surface area contributed by atoms with Gasteiger partial charge in [0.25, 0.3) is 11.8 Å². The van der Waals surface area contributed by atoms with Gasteiger partial charge in [-0.15, -0.1) is 0 Å². The van der Waals surface area contributed by atoms with E-state index in [1.807, 2.05) is 4.90 Å². The number of ether oxygens (including phenoxy) is 4. The largest absolute Gasteiger partial charge is 0.484 e. The predicted octanol–water partition coefficient (Wildman–Crippen LogP) is -1.02. The molecule has 1 aromatic carbocycles. The van der Waals surface area contributed by atoms with Crippen molar-refractivity contribution in [1.29, 1.82) is 0 Å². The number of aliphatic carboxylic acids is 3. The fourth-order valence-electron chi connectivity index (χ4n) is 10.1. The number of unbranched alkanes of at least 4 members (excludes halogenated alkanes) is 6. The van der Waals surface area contributed by atoms with Gasteiger partial charge in [0.2, 0.25) is 29.5 Å². The van der Waals surface area contributed by atoms with Crippen LogP contribution in [0.25, 0.3) is 10.9 Å². The molecule has 2 fully saturated rings. The molecule has 0 bridgehead atoms. The molecular formula is C59H94BN11O19. The summed E-state index contributed by atoms with van der Waals surface area (Å²) in [5.41, 5.74) is 0.682. The minimum atomic E-state index is -1.66. The highest BCUT2D eigenvalue weighted by atomic mass is 16.5. The summed E-state index contributed by atoms with van der Waals surface area (Å²) in [6, 6.07) is 3.90. The lowest BCUT2D eigenvalue weighted by atomic mass is 9.78. The van der Waals surface area contributed by atoms with Crippen molar-refractivity contribution in [1.82, 2.24) is 56.5 Å². The molecule has 4 rings (SSSR count). The zero-order valence-corrected chi connectivity index (χ0v) is 51.8. The standard InChI is InChI=1S/C59H94BN11O19/c1-2-3-4-5-6-15-50(72)62-20-10-8-13-47(59(83)84)67-58(82)46(12-7-9-21-63-52(74)39-68-25-27-69(40-55(77)78)29-30-70(28-26-68)41-56(79)80)66-51(73)19-31-87-33-35-89-36-34-88-32-23-64-53(75)42-90-43-16-17-44-45(18-22-61-48(44)37-43)57(81)65-38-54(76)71-24-11-14-49(71)60(85)86/h16-18,22,37,46-47,49,85-86H,2-15,19-21,23-36,38-42H2,1H3,(H,62,72)(H,63,74)(H,64,75)(H,65,81)(H,66,73)(H,67,82)(H,77,78)(H,79,80)(H,83,84)/t46-,47-,49-/m0/s1. The predicted molar refractivity (Wildman–Crippen MR) is 328 cm³/mol. The summed E-state index contributed by atoms with van der Waals surface area (Å²) in [4.78, 5) is 136. The van der Waals surface area contributed by atoms with Gasteiger partial charge < -0.3 is 81.1 Å². The summed E-state index contributed by atoms with van der Waals surface area (Å²) in [6.45, 7) is 5.27. The second-order valence-electron chi connectivity index (χ2n) is 22.1. The maximum Gasteiger partial charge on any atom is 0.475 e. The molecule has 3 atom stereocenters. The van der Waals surface area contributed by atoms with Crippen molar-refractivity contribution >= 4 is 77.3 Å². The number of likely N-dealkylation sites (tertiary alicyclic amines) is 1. The normalized spacial score (nSPS) is 15.5. The zero-order chi connectivity index (χ0) is 65.5. The Labute approximate surface area is 525 Å². The molecule has 0 radical (unpaired) electrons. The lowest BCUT2D eigenvalue weighted by molar-refractivity contribution is -0.142. The van der Waals surface area contributed by atoms with Crippen molar-refractivity contribution < 1.29 is 92.3 Å². The molecule has 0 aliphatic carbocycles. The fraction of sp³-hybridized carbons (Fsp3) is 0.678. The number of carboxylic acid groups (broad SMARTS) is 3. The van der Waals surface area contributed by atoms with E-state index in [0.717, 1.165) is 32.1 Å². The molecule has 90 heavy (non-hydrogen) atoms. The van der Waals surface area contributed by atoms with Gasteiger partial charge >= 0.3 is 25.0 Å². The van der Waals surface area contributed by atoms with Crippen LogP contribution in [0.3, 0.4) is 0 Å². The molecule has 2 aliphatic rings. The molecule has 0 spiro atoms. The number of carbonyl (C=O) groups is 10. The number of aromatic nitrogens is 1. The van der Waals surface area contributed by atoms with Gasteiger partial charge in [0.05, 0.1) is 82.8 Å². The first-order valence-corrected chi connectivity index (χ1v) is 31.2. The molecular weight excluding hydrogens is 1180 g/mol. The Hall–Kier alpha value is -7.13. The first-order valence-electron chi connectivity index (χ1n) is 31.2. The highest BCUT2D eigenvalue weighted by Gasteiger charge is 2.37. The number of hydrogen-bond acceptors (Lipinski definition) is 20. The molecule has 11 N–H and O–H groups in total. The number of rotatable bonds is 45. The lowest BCUT2D eigenvalue weighted by Crippen LogP contribution is -2.51. The molecule has 2 aliphatic heterocycles. The number of carboxylic acids is 3. The van der Waals surface area contributed by atoms with Gasteiger partial charge in [0.1, 0.15) is 17.8 Å². The van der Waals surface area contributed by atoms with Gasteiger partial charge in [-0.2, -0.15) is 0 Å². The number of pyridine rings is 1. The van der Waals surface area contributed by atoms with Crippen LogP contribution in [0.15, 0.2) is 30.5 Å². The highest BCUT2D eigenvalue weighted by Crippen LogP contribution is 2.23. The smallest absolute Gasteiger partial charge is 0.475 e. The number of amides is 7. The Morgan fingerprint density at radius 1 is 0.600 bits per heavy atom. The second kappa shape index (κ2) is 43.6. The van der Waals surface area contributed by atoms with Crippen molar-refractivity contribution in [2.24, 2.45) is 0 Å². The number of benzene rings is 1. The van der Waals surface area contributed by atoms with E-state index in [0.29, 0.717) is 114 Å². The summed E-state index contributed by atoms with van der Waals surface area (Å²) < 4.78 is 22.3. The third-order valence-corrected chi connectivity index (χ3v) is 15.0. The summed E-state index contributed by atoms with van der Waals surface area (Å²) in [5.74, 6) is -6.61. The summed E-state index contributed by atoms with van der Waals surface area (Å²) in [7, 11) is -1.66. The van der Waals surface area contributed by atoms with Gasteiger partial charge in [-0.25, -0.2) is 4.79 Å². The van der Waals surface area contributed by atoms with E-state index in [1.54, 1.807) is 28.0 Å². The van der Waals surface area contributed by atoms with E-state index in [4.69, 9.17) is 18.9 Å². The molecule has 2 aromatic rings. The van der Waals surface area contributed by atoms with Crippen LogP contribution < -0.4 is 36.6 Å². The highest BCUT2D eigenvalue weighted by molar-refractivity contribution is 6.43. The van der Waals surface area contributed by atoms with E-state index < -0.39 is 72.6 Å². The van der Waals surface area contributed by atoms with Crippen LogP contribution in [-0.2, 0) is 57.4 Å². The van der Waals surface area contributed by atoms with E-state index in [9.17, 15) is 73.3 Å². The average molecular weight is 1270 g/mol. The van der Waals surface area contributed by atoms with Crippen LogP contribution in [0.2, 0.25) is 0 Å². The molecule has 502 valence electrons. The third-order valence-electron chi connectivity index (χ3n) is 15.0. The average Bonchev–Trinajstić information content (AvgIpc) is 1.78. The van der Waals surface area contributed by atoms with Crippen LogP contribution in [-0.4, -0.2) is 272 Å². The van der Waals surface area contributed by atoms with Crippen LogP contribution >= 0.6 is 0 Å². The van der Waals surface area contributed by atoms with E-state index >= 15 is 0 Å². The second-order valence-corrected chi connectivity index (χ2v) is 22.1. The number of nitrogens with one attached hydrogen (secondary N) is 6. The topological polar surface area (TPSA) is 407 Å². The van der Waals surface area contributed by atoms with Crippen molar-refractivity contribution in [2.45, 2.75) is 121 Å². The molecule has 7 amide bonds. The number of nitrogens with zero attached hydrogens (tertiary/aromatic N) is 5. The van der Waals surface area contributed by atoms with Gasteiger partial charge in [0, 0.05) is 95.9 Å². The van der Waals surface area contributed by atoms with Gasteiger partial charge in [-0.3, -0.25) is 62.8 Å². The third kappa shape index (κ3) is 31.1. The minimum Gasteiger partial charge on any atom is -0.484 e. The molecule has 31 heteroatoms. The Balaban J connectivity index is 1.13. The number of carbonyl (C=O) groups excluding carboxylic acids is 7. The quantitative estimate of drug-likeness (QED) is 0.0279. The fourth-order valence-corrected chi connectivity index (χ4v) is 10.1. The summed E-state index contributed by atoms with van der Waals surface area (Å²) in [5, 5.41) is 64.7. The van der Waals surface area contributed by atoms with E-state index in [1.165, 1.54) is 17.2 Å². The molecule has 1 aromatic heterocycles. The first-order chi connectivity index (χ1) is 43.3. The molecule has 0 saturated carbocycles. The molecule has 0 unspecified atom stereocenters. The lowest BCUT2D eigenvalue weighted by Gasteiger charge is -2.24. The van der Waals surface area contributed by atoms with Crippen molar-refractivity contribution in [3.63, 3.8) is 0 Å². The number of fused-ring (bicyclic) bond motifs is 1. The van der Waals surface area contributed by atoms with Gasteiger partial charge in [-0.1, -0.05) is 32.6 Å². The zero-order valence-electron chi connectivity index (χ0n) is 51.8.